The molecule has 29 heavy (non-hydrogen) atoms. The zero-order valence-electron chi connectivity index (χ0n) is 12.9. The Morgan fingerprint density at radius 2 is 0.724 bits per heavy atom. The lowest BCUT2D eigenvalue weighted by atomic mass is 9.88. The van der Waals surface area contributed by atoms with Crippen molar-refractivity contribution >= 4 is 28.3 Å². The lowest BCUT2D eigenvalue weighted by Gasteiger charge is -2.42. The molecule has 0 aliphatic rings. The third kappa shape index (κ3) is 4.05. The van der Waals surface area contributed by atoms with Crippen LogP contribution < -0.4 is 0 Å². The monoisotopic (exact) mass is 506 g/mol. The van der Waals surface area contributed by atoms with E-state index in [1.54, 1.807) is 0 Å². The van der Waals surface area contributed by atoms with Gasteiger partial charge in [0.1, 0.15) is 0 Å². The summed E-state index contributed by atoms with van der Waals surface area (Å²) in [4.78, 5) is 0. The van der Waals surface area contributed by atoms with Crippen molar-refractivity contribution in [3.05, 3.63) is 0 Å². The minimum absolute atomic E-state index is 1.19. The van der Waals surface area contributed by atoms with Gasteiger partial charge in [0.05, 0.1) is 0 Å². The molecule has 0 aliphatic carbocycles. The Labute approximate surface area is 162 Å². The van der Waals surface area contributed by atoms with E-state index in [9.17, 15) is 74.6 Å². The molecule has 0 N–H and O–H groups in total. The van der Waals surface area contributed by atoms with E-state index in [4.69, 9.17) is 9.07 Å². The van der Waals surface area contributed by atoms with E-state index in [0.717, 1.165) is 0 Å². The van der Waals surface area contributed by atoms with Gasteiger partial charge >= 0.3 is 66.9 Å². The lowest BCUT2D eigenvalue weighted by Crippen LogP contribution is -2.74. The van der Waals surface area contributed by atoms with E-state index in [-0.39, 0.29) is 0 Å². The summed E-state index contributed by atoms with van der Waals surface area (Å²) in [5.74, 6) is -55.8. The average molecular weight is 507 g/mol. The molecule has 172 valence electrons. The van der Waals surface area contributed by atoms with Crippen LogP contribution in [0.2, 0.25) is 4.55 Å². The lowest BCUT2D eigenvalue weighted by molar-refractivity contribution is -0.461. The first-order valence-corrected chi connectivity index (χ1v) is 9.72. The van der Waals surface area contributed by atoms with Crippen LogP contribution in [0.15, 0.2) is 0 Å². The highest BCUT2D eigenvalue weighted by Crippen LogP contribution is 2.64. The van der Waals surface area contributed by atoms with E-state index in [0.29, 0.717) is 0 Å². The van der Waals surface area contributed by atoms with E-state index >= 15 is 0 Å². The van der Waals surface area contributed by atoms with Crippen LogP contribution in [0, 0.1) is 0 Å². The SMILES string of the molecule is FC(F)(F)C(F)(F)C(F)(F)C(F)(F)C(F)(F)C(F)(F)C(F)(F)C(F)(F)C[CH2][Mg][Cl]. The summed E-state index contributed by atoms with van der Waals surface area (Å²) in [7, 11) is 4.90. The van der Waals surface area contributed by atoms with Crippen molar-refractivity contribution in [2.75, 3.05) is 0 Å². The smallest absolute Gasteiger partial charge is 0.346 e. The molecule has 0 aliphatic heterocycles. The van der Waals surface area contributed by atoms with Gasteiger partial charge in [0.25, 0.3) is 0 Å². The van der Waals surface area contributed by atoms with E-state index in [1.165, 1.54) is 0 Å². The first-order chi connectivity index (χ1) is 12.3. The molecular weight excluding hydrogens is 503 g/mol. The fraction of sp³-hybridized carbons (Fsp3) is 1.00. The van der Waals surface area contributed by atoms with Gasteiger partial charge in [-0.05, 0) is 6.42 Å². The fourth-order valence-corrected chi connectivity index (χ4v) is 2.62. The number of hydrogen-bond donors (Lipinski definition) is 0. The third-order valence-electron chi connectivity index (χ3n) is 3.41. The quantitative estimate of drug-likeness (QED) is 0.242. The van der Waals surface area contributed by atoms with Gasteiger partial charge in [-0.15, -0.1) is 4.55 Å². The van der Waals surface area contributed by atoms with Crippen LogP contribution in [-0.4, -0.2) is 66.9 Å². The summed E-state index contributed by atoms with van der Waals surface area (Å²) >= 11 is -2.15. The Hall–Kier alpha value is -0.134. The predicted octanol–water partition coefficient (Wildman–Crippen LogP) is 6.66. The number of hydrogen-bond acceptors (Lipinski definition) is 0. The molecule has 0 spiro atoms. The maximum absolute atomic E-state index is 13.3. The van der Waals surface area contributed by atoms with Crippen LogP contribution in [0.25, 0.3) is 0 Å². The second-order valence-corrected chi connectivity index (χ2v) is 7.66. The van der Waals surface area contributed by atoms with Crippen molar-refractivity contribution in [1.29, 1.82) is 0 Å². The van der Waals surface area contributed by atoms with Gasteiger partial charge < -0.3 is 9.07 Å². The Kier molecular flexibility index (Phi) is 7.74. The highest BCUT2D eigenvalue weighted by atomic mass is 35.5. The first kappa shape index (κ1) is 28.9. The molecule has 0 nitrogen and oxygen atoms in total. The van der Waals surface area contributed by atoms with Crippen molar-refractivity contribution < 1.29 is 74.6 Å². The molecule has 0 amide bonds. The van der Waals surface area contributed by atoms with Gasteiger partial charge in [-0.1, -0.05) is 0 Å². The third-order valence-corrected chi connectivity index (χ3v) is 4.83. The molecule has 0 saturated carbocycles. The second kappa shape index (κ2) is 7.77. The van der Waals surface area contributed by atoms with Gasteiger partial charge in [0, 0.05) is 0 Å². The van der Waals surface area contributed by atoms with Gasteiger partial charge in [0.15, 0.2) is 0 Å². The van der Waals surface area contributed by atoms with Gasteiger partial charge in [-0.3, -0.25) is 0 Å². The second-order valence-electron chi connectivity index (χ2n) is 5.44. The highest BCUT2D eigenvalue weighted by Gasteiger charge is 2.95. The van der Waals surface area contributed by atoms with Crippen LogP contribution in [0.1, 0.15) is 6.42 Å². The molecule has 0 aromatic rings. The fourth-order valence-electron chi connectivity index (χ4n) is 1.64. The van der Waals surface area contributed by atoms with E-state index in [2.05, 4.69) is 0 Å². The van der Waals surface area contributed by atoms with Crippen molar-refractivity contribution in [2.45, 2.75) is 58.6 Å². The molecule has 0 rings (SSSR count). The molecule has 0 aromatic carbocycles. The normalized spacial score (nSPS) is 16.1. The summed E-state index contributed by atoms with van der Waals surface area (Å²) in [6.45, 7) is 0. The van der Waals surface area contributed by atoms with Gasteiger partial charge in [0.2, 0.25) is 0 Å². The zero-order chi connectivity index (χ0) is 24.1. The molecule has 0 heterocycles. The van der Waals surface area contributed by atoms with Crippen molar-refractivity contribution in [2.24, 2.45) is 0 Å². The maximum atomic E-state index is 13.3. The number of halogens is 18. The van der Waals surface area contributed by atoms with Crippen LogP contribution in [0.5, 0.6) is 0 Å². The maximum Gasteiger partial charge on any atom is 0.501 e. The molecule has 0 fully saturated rings. The molecule has 19 heteroatoms. The van der Waals surface area contributed by atoms with Gasteiger partial charge in [-0.25, -0.2) is 0 Å². The van der Waals surface area contributed by atoms with Crippen LogP contribution in [0.4, 0.5) is 74.6 Å². The van der Waals surface area contributed by atoms with Crippen molar-refractivity contribution in [3.63, 3.8) is 0 Å². The van der Waals surface area contributed by atoms with E-state index in [1.807, 2.05) is 0 Å². The molecule has 0 bridgehead atoms. The topological polar surface area (TPSA) is 0 Å². The molecular formula is C10H4ClF17Mg. The van der Waals surface area contributed by atoms with E-state index < -0.39 is 77.9 Å². The minimum atomic E-state index is -8.58. The Morgan fingerprint density at radius 1 is 0.448 bits per heavy atom. The van der Waals surface area contributed by atoms with Crippen LogP contribution in [0.3, 0.4) is 0 Å². The summed E-state index contributed by atoms with van der Waals surface area (Å²) in [6.07, 6.45) is -10.2. The van der Waals surface area contributed by atoms with Crippen LogP contribution >= 0.6 is 9.07 Å². The molecule has 0 saturated heterocycles. The highest BCUT2D eigenvalue weighted by molar-refractivity contribution is 6.93. The summed E-state index contributed by atoms with van der Waals surface area (Å²) in [5, 5.41) is 0. The molecule has 0 aromatic heterocycles. The summed E-state index contributed by atoms with van der Waals surface area (Å²) in [6, 6.07) is 0. The summed E-state index contributed by atoms with van der Waals surface area (Å²) < 4.78 is 217. The molecule has 0 atom stereocenters. The molecule has 0 radical (unpaired) electrons. The Bertz CT molecular complexity index is 579. The standard InChI is InChI=1S/C10H4F17.ClH.Mg/c1-2-3(11,12)4(13,14)5(15,16)6(17,18)7(19,20)8(21,22)9(23,24)10(25,26)27;;/h1-2H2;1H;/q;;+1/p-1. The molecule has 0 unspecified atom stereocenters. The zero-order valence-corrected chi connectivity index (χ0v) is 15.1. The summed E-state index contributed by atoms with van der Waals surface area (Å²) in [5.41, 5.74) is 0. The minimum Gasteiger partial charge on any atom is -0.346 e. The number of alkyl halides is 17. The van der Waals surface area contributed by atoms with Gasteiger partial charge in [-0.2, -0.15) is 74.6 Å². The van der Waals surface area contributed by atoms with Crippen molar-refractivity contribution in [3.8, 4) is 0 Å². The predicted molar refractivity (Wildman–Crippen MR) is 61.7 cm³/mol. The van der Waals surface area contributed by atoms with Crippen molar-refractivity contribution in [1.82, 2.24) is 0 Å². The average Bonchev–Trinajstić information content (AvgIpc) is 2.50. The first-order valence-electron chi connectivity index (χ1n) is 6.58. The van der Waals surface area contributed by atoms with Crippen LogP contribution in [-0.2, 0) is 0 Å². The Balaban J connectivity index is 6.57. The number of rotatable bonds is 9. The largest absolute Gasteiger partial charge is 0.501 e. The Morgan fingerprint density at radius 3 is 1.00 bits per heavy atom.